The Bertz CT molecular complexity index is 976. The highest BCUT2D eigenvalue weighted by Gasteiger charge is 2.12. The number of hydrogen-bond donors (Lipinski definition) is 2. The van der Waals surface area contributed by atoms with E-state index in [9.17, 15) is 14.4 Å². The van der Waals surface area contributed by atoms with Gasteiger partial charge in [0.1, 0.15) is 6.61 Å². The molecule has 0 fully saturated rings. The number of thiazole rings is 1. The van der Waals surface area contributed by atoms with Crippen LogP contribution in [0.4, 0.5) is 5.13 Å². The number of carbonyl (C=O) groups is 3. The van der Waals surface area contributed by atoms with Gasteiger partial charge in [0.25, 0.3) is 11.8 Å². The predicted octanol–water partition coefficient (Wildman–Crippen LogP) is 2.31. The van der Waals surface area contributed by atoms with Crippen LogP contribution in [0.1, 0.15) is 26.4 Å². The van der Waals surface area contributed by atoms with E-state index < -0.39 is 5.97 Å². The molecular formula is C20H18N4O4S. The zero-order valence-electron chi connectivity index (χ0n) is 15.3. The Balaban J connectivity index is 1.39. The number of aromatic nitrogens is 2. The summed E-state index contributed by atoms with van der Waals surface area (Å²) in [6, 6.07) is 12.1. The van der Waals surface area contributed by atoms with Crippen LogP contribution in [0.5, 0.6) is 0 Å². The Morgan fingerprint density at radius 1 is 1.00 bits per heavy atom. The molecule has 2 N–H and O–H groups in total. The van der Waals surface area contributed by atoms with Crippen molar-refractivity contribution in [3.05, 3.63) is 77.1 Å². The average molecular weight is 410 g/mol. The van der Waals surface area contributed by atoms with Gasteiger partial charge in [-0.05, 0) is 24.3 Å². The Morgan fingerprint density at radius 2 is 1.79 bits per heavy atom. The predicted molar refractivity (Wildman–Crippen MR) is 108 cm³/mol. The van der Waals surface area contributed by atoms with Crippen LogP contribution < -0.4 is 10.6 Å². The second kappa shape index (κ2) is 10.1. The van der Waals surface area contributed by atoms with Crippen LogP contribution >= 0.6 is 11.3 Å². The topological polar surface area (TPSA) is 110 Å². The number of benzene rings is 1. The van der Waals surface area contributed by atoms with E-state index in [0.717, 1.165) is 0 Å². The maximum absolute atomic E-state index is 12.1. The smallest absolute Gasteiger partial charge is 0.311 e. The molecule has 0 bridgehead atoms. The van der Waals surface area contributed by atoms with E-state index in [0.29, 0.717) is 22.0 Å². The average Bonchev–Trinajstić information content (AvgIpc) is 3.18. The molecule has 0 aliphatic rings. The Morgan fingerprint density at radius 3 is 2.55 bits per heavy atom. The van der Waals surface area contributed by atoms with Crippen molar-refractivity contribution in [1.29, 1.82) is 0 Å². The summed E-state index contributed by atoms with van der Waals surface area (Å²) >= 11 is 1.23. The lowest BCUT2D eigenvalue weighted by Gasteiger charge is -2.06. The zero-order valence-corrected chi connectivity index (χ0v) is 16.1. The molecule has 3 rings (SSSR count). The van der Waals surface area contributed by atoms with E-state index in [4.69, 9.17) is 4.74 Å². The normalized spacial score (nSPS) is 10.2. The van der Waals surface area contributed by atoms with Crippen molar-refractivity contribution in [3.63, 3.8) is 0 Å². The summed E-state index contributed by atoms with van der Waals surface area (Å²) in [7, 11) is 0. The van der Waals surface area contributed by atoms with E-state index >= 15 is 0 Å². The molecule has 0 spiro atoms. The number of pyridine rings is 1. The van der Waals surface area contributed by atoms with Gasteiger partial charge in [-0.15, -0.1) is 11.3 Å². The van der Waals surface area contributed by atoms with Crippen molar-refractivity contribution in [2.75, 3.05) is 18.5 Å². The van der Waals surface area contributed by atoms with Crippen molar-refractivity contribution in [2.45, 2.75) is 6.42 Å². The number of nitrogens with one attached hydrogen (secondary N) is 2. The molecule has 2 aromatic heterocycles. The van der Waals surface area contributed by atoms with Crippen LogP contribution in [0, 0.1) is 0 Å². The van der Waals surface area contributed by atoms with E-state index in [1.54, 1.807) is 48.0 Å². The lowest BCUT2D eigenvalue weighted by Crippen LogP contribution is -2.28. The lowest BCUT2D eigenvalue weighted by atomic mass is 10.2. The number of amides is 2. The van der Waals surface area contributed by atoms with E-state index in [-0.39, 0.29) is 31.4 Å². The molecule has 0 radical (unpaired) electrons. The first-order valence-electron chi connectivity index (χ1n) is 8.76. The first kappa shape index (κ1) is 20.2. The monoisotopic (exact) mass is 410 g/mol. The van der Waals surface area contributed by atoms with Crippen LogP contribution in [0.3, 0.4) is 0 Å². The van der Waals surface area contributed by atoms with Gasteiger partial charge in [0, 0.05) is 23.3 Å². The van der Waals surface area contributed by atoms with Crippen LogP contribution in [-0.4, -0.2) is 40.9 Å². The van der Waals surface area contributed by atoms with Crippen molar-refractivity contribution in [1.82, 2.24) is 15.3 Å². The number of ether oxygens (including phenoxy) is 1. The first-order valence-corrected chi connectivity index (χ1v) is 9.64. The summed E-state index contributed by atoms with van der Waals surface area (Å²) in [6.45, 7) is 0.238. The number of anilines is 1. The Labute approximate surface area is 171 Å². The Kier molecular flexibility index (Phi) is 7.01. The van der Waals surface area contributed by atoms with Gasteiger partial charge in [-0.1, -0.05) is 18.2 Å². The van der Waals surface area contributed by atoms with Gasteiger partial charge in [-0.3, -0.25) is 24.7 Å². The SMILES string of the molecule is O=C(Cc1csc(NC(=O)c2ccccc2)n1)OCCNC(=O)c1cccnc1. The van der Waals surface area contributed by atoms with Gasteiger partial charge in [-0.2, -0.15) is 0 Å². The molecule has 0 saturated carbocycles. The maximum atomic E-state index is 12.1. The van der Waals surface area contributed by atoms with Crippen LogP contribution in [0.2, 0.25) is 0 Å². The standard InChI is InChI=1S/C20H18N4O4S/c25-17(28-10-9-22-18(26)15-7-4-8-21-12-15)11-16-13-29-20(23-16)24-19(27)14-5-2-1-3-6-14/h1-8,12-13H,9-11H2,(H,22,26)(H,23,24,27). The van der Waals surface area contributed by atoms with Crippen LogP contribution in [0.15, 0.2) is 60.2 Å². The molecule has 8 nitrogen and oxygen atoms in total. The molecule has 2 amide bonds. The highest BCUT2D eigenvalue weighted by Crippen LogP contribution is 2.17. The molecule has 0 aliphatic heterocycles. The minimum absolute atomic E-state index is 0.0196. The zero-order chi connectivity index (χ0) is 20.5. The molecule has 0 unspecified atom stereocenters. The highest BCUT2D eigenvalue weighted by molar-refractivity contribution is 7.14. The summed E-state index contributed by atoms with van der Waals surface area (Å²) in [5.41, 5.74) is 1.46. The largest absolute Gasteiger partial charge is 0.464 e. The van der Waals surface area contributed by atoms with Crippen molar-refractivity contribution < 1.29 is 19.1 Å². The summed E-state index contributed by atoms with van der Waals surface area (Å²) in [5, 5.41) is 7.43. The molecule has 3 aromatic rings. The summed E-state index contributed by atoms with van der Waals surface area (Å²) in [4.78, 5) is 43.9. The van der Waals surface area contributed by atoms with Gasteiger partial charge in [0.15, 0.2) is 5.13 Å². The number of rotatable bonds is 8. The number of esters is 1. The molecular weight excluding hydrogens is 392 g/mol. The van der Waals surface area contributed by atoms with Crippen molar-refractivity contribution >= 4 is 34.3 Å². The Hall–Kier alpha value is -3.59. The van der Waals surface area contributed by atoms with Crippen molar-refractivity contribution in [2.24, 2.45) is 0 Å². The van der Waals surface area contributed by atoms with E-state index in [1.165, 1.54) is 17.5 Å². The summed E-state index contributed by atoms with van der Waals surface area (Å²) < 4.78 is 5.10. The third kappa shape index (κ3) is 6.22. The van der Waals surface area contributed by atoms with Crippen LogP contribution in [0.25, 0.3) is 0 Å². The third-order valence-corrected chi connectivity index (χ3v) is 4.51. The van der Waals surface area contributed by atoms with Gasteiger partial charge in [0.05, 0.1) is 24.2 Å². The summed E-state index contributed by atoms with van der Waals surface area (Å²) in [6.07, 6.45) is 3.02. The van der Waals surface area contributed by atoms with Gasteiger partial charge < -0.3 is 10.1 Å². The molecule has 148 valence electrons. The molecule has 0 atom stereocenters. The number of nitrogens with zero attached hydrogens (tertiary/aromatic N) is 2. The maximum Gasteiger partial charge on any atom is 0.311 e. The van der Waals surface area contributed by atoms with Gasteiger partial charge in [-0.25, -0.2) is 4.98 Å². The van der Waals surface area contributed by atoms with E-state index in [2.05, 4.69) is 20.6 Å². The fraction of sp³-hybridized carbons (Fsp3) is 0.150. The first-order chi connectivity index (χ1) is 14.1. The molecule has 2 heterocycles. The minimum atomic E-state index is -0.466. The third-order valence-electron chi connectivity index (χ3n) is 3.71. The molecule has 1 aromatic carbocycles. The molecule has 29 heavy (non-hydrogen) atoms. The van der Waals surface area contributed by atoms with Gasteiger partial charge in [0.2, 0.25) is 0 Å². The molecule has 0 aliphatic carbocycles. The minimum Gasteiger partial charge on any atom is -0.464 e. The van der Waals surface area contributed by atoms with E-state index in [1.807, 2.05) is 6.07 Å². The second-order valence-electron chi connectivity index (χ2n) is 5.86. The lowest BCUT2D eigenvalue weighted by molar-refractivity contribution is -0.142. The number of carbonyl (C=O) groups excluding carboxylic acids is 3. The molecule has 0 saturated heterocycles. The quantitative estimate of drug-likeness (QED) is 0.436. The van der Waals surface area contributed by atoms with Crippen molar-refractivity contribution in [3.8, 4) is 0 Å². The fourth-order valence-electron chi connectivity index (χ4n) is 2.33. The second-order valence-corrected chi connectivity index (χ2v) is 6.72. The fourth-order valence-corrected chi connectivity index (χ4v) is 3.04. The van der Waals surface area contributed by atoms with Gasteiger partial charge >= 0.3 is 5.97 Å². The van der Waals surface area contributed by atoms with Crippen LogP contribution in [-0.2, 0) is 16.0 Å². The highest BCUT2D eigenvalue weighted by atomic mass is 32.1. The molecule has 9 heteroatoms. The summed E-state index contributed by atoms with van der Waals surface area (Å²) in [5.74, 6) is -1.02. The number of hydrogen-bond acceptors (Lipinski definition) is 7.